The van der Waals surface area contributed by atoms with Crippen LogP contribution >= 0.6 is 23.2 Å². The minimum atomic E-state index is -0.597. The summed E-state index contributed by atoms with van der Waals surface area (Å²) < 4.78 is 15.2. The minimum absolute atomic E-state index is 0.200. The van der Waals surface area contributed by atoms with Crippen molar-refractivity contribution in [2.75, 3.05) is 31.7 Å². The van der Waals surface area contributed by atoms with E-state index >= 15 is 0 Å². The van der Waals surface area contributed by atoms with Crippen LogP contribution in [0.5, 0.6) is 5.75 Å². The first-order valence-electron chi connectivity index (χ1n) is 9.35. The van der Waals surface area contributed by atoms with Crippen LogP contribution in [0.3, 0.4) is 0 Å². The van der Waals surface area contributed by atoms with Crippen LogP contribution in [0.15, 0.2) is 12.1 Å². The highest BCUT2D eigenvalue weighted by molar-refractivity contribution is 6.37. The molecule has 0 spiro atoms. The van der Waals surface area contributed by atoms with Gasteiger partial charge >= 0.3 is 18.0 Å². The third-order valence-corrected chi connectivity index (χ3v) is 4.09. The minimum Gasteiger partial charge on any atom is -0.490 e. The van der Waals surface area contributed by atoms with Gasteiger partial charge in [-0.2, -0.15) is 0 Å². The molecule has 1 aromatic rings. The van der Waals surface area contributed by atoms with Crippen molar-refractivity contribution in [1.82, 2.24) is 5.32 Å². The highest BCUT2D eigenvalue weighted by Gasteiger charge is 2.12. The molecule has 0 saturated heterocycles. The first-order valence-corrected chi connectivity index (χ1v) is 10.1. The molecule has 0 fully saturated rings. The van der Waals surface area contributed by atoms with E-state index in [0.717, 1.165) is 12.8 Å². The van der Waals surface area contributed by atoms with E-state index in [0.29, 0.717) is 37.5 Å². The maximum absolute atomic E-state index is 11.8. The molecule has 0 heterocycles. The van der Waals surface area contributed by atoms with Gasteiger partial charge in [-0.05, 0) is 45.2 Å². The van der Waals surface area contributed by atoms with Crippen molar-refractivity contribution in [2.24, 2.45) is 0 Å². The van der Waals surface area contributed by atoms with E-state index in [1.165, 1.54) is 12.1 Å². The topological polar surface area (TPSA) is 103 Å². The number of urea groups is 1. The lowest BCUT2D eigenvalue weighted by atomic mass is 10.2. The quantitative estimate of drug-likeness (QED) is 0.367. The van der Waals surface area contributed by atoms with Crippen molar-refractivity contribution < 1.29 is 28.6 Å². The van der Waals surface area contributed by atoms with Gasteiger partial charge in [-0.15, -0.1) is 0 Å². The van der Waals surface area contributed by atoms with Crippen molar-refractivity contribution >= 4 is 46.9 Å². The predicted octanol–water partition coefficient (Wildman–Crippen LogP) is 4.18. The van der Waals surface area contributed by atoms with E-state index in [1.54, 1.807) is 13.8 Å². The molecule has 0 unspecified atom stereocenters. The molecule has 2 N–H and O–H groups in total. The molecule has 2 amide bonds. The number of rotatable bonds is 12. The van der Waals surface area contributed by atoms with E-state index in [2.05, 4.69) is 10.6 Å². The fraction of sp³-hybridized carbons (Fsp3) is 0.526. The fourth-order valence-electron chi connectivity index (χ4n) is 2.27. The second-order valence-electron chi connectivity index (χ2n) is 5.85. The smallest absolute Gasteiger partial charge is 0.325 e. The summed E-state index contributed by atoms with van der Waals surface area (Å²) in [6.07, 6.45) is 2.62. The van der Waals surface area contributed by atoms with E-state index in [1.807, 2.05) is 0 Å². The van der Waals surface area contributed by atoms with Crippen LogP contribution in [0.4, 0.5) is 10.5 Å². The summed E-state index contributed by atoms with van der Waals surface area (Å²) in [7, 11) is 0. The Morgan fingerprint density at radius 3 is 2.17 bits per heavy atom. The molecule has 0 aliphatic heterocycles. The third-order valence-electron chi connectivity index (χ3n) is 3.53. The molecule has 0 aliphatic carbocycles. The zero-order valence-electron chi connectivity index (χ0n) is 16.5. The highest BCUT2D eigenvalue weighted by atomic mass is 35.5. The van der Waals surface area contributed by atoms with Crippen molar-refractivity contribution in [3.8, 4) is 5.75 Å². The van der Waals surface area contributed by atoms with Gasteiger partial charge in [-0.25, -0.2) is 4.79 Å². The molecule has 0 saturated carbocycles. The van der Waals surface area contributed by atoms with Gasteiger partial charge in [0.1, 0.15) is 6.54 Å². The van der Waals surface area contributed by atoms with Crippen LogP contribution in [0.25, 0.3) is 0 Å². The van der Waals surface area contributed by atoms with E-state index in [4.69, 9.17) is 37.4 Å². The van der Waals surface area contributed by atoms with Gasteiger partial charge in [-0.3, -0.25) is 9.59 Å². The van der Waals surface area contributed by atoms with Crippen LogP contribution in [-0.4, -0.2) is 44.3 Å². The predicted molar refractivity (Wildman–Crippen MR) is 111 cm³/mol. The van der Waals surface area contributed by atoms with Gasteiger partial charge in [0.2, 0.25) is 0 Å². The van der Waals surface area contributed by atoms with E-state index in [-0.39, 0.29) is 29.2 Å². The molecule has 8 nitrogen and oxygen atoms in total. The second kappa shape index (κ2) is 13.9. The van der Waals surface area contributed by atoms with Gasteiger partial charge in [0, 0.05) is 12.1 Å². The molecule has 29 heavy (non-hydrogen) atoms. The lowest BCUT2D eigenvalue weighted by Crippen LogP contribution is -2.34. The van der Waals surface area contributed by atoms with E-state index in [9.17, 15) is 14.4 Å². The van der Waals surface area contributed by atoms with Crippen LogP contribution in [-0.2, 0) is 19.1 Å². The number of amides is 2. The zero-order chi connectivity index (χ0) is 21.6. The Hall–Kier alpha value is -2.19. The Kier molecular flexibility index (Phi) is 11.9. The third kappa shape index (κ3) is 10.2. The Morgan fingerprint density at radius 1 is 0.931 bits per heavy atom. The number of anilines is 1. The SMILES string of the molecule is CCOC(=O)CCCCCOc1c(Cl)cc(NC(=O)NCC(=O)OCC)cc1Cl. The summed E-state index contributed by atoms with van der Waals surface area (Å²) in [4.78, 5) is 34.3. The summed E-state index contributed by atoms with van der Waals surface area (Å²) in [5.41, 5.74) is 0.350. The van der Waals surface area contributed by atoms with Gasteiger partial charge < -0.3 is 24.8 Å². The summed E-state index contributed by atoms with van der Waals surface area (Å²) in [5, 5.41) is 5.37. The Balaban J connectivity index is 2.42. The second-order valence-corrected chi connectivity index (χ2v) is 6.66. The summed E-state index contributed by atoms with van der Waals surface area (Å²) in [6.45, 7) is 4.20. The summed E-state index contributed by atoms with van der Waals surface area (Å²) >= 11 is 12.4. The standard InChI is InChI=1S/C19H26Cl2N2O6/c1-3-27-16(24)8-6-5-7-9-29-18-14(20)10-13(11-15(18)21)23-19(26)22-12-17(25)28-4-2/h10-11H,3-9,12H2,1-2H3,(H2,22,23,26). The van der Waals surface area contributed by atoms with Crippen LogP contribution in [0.1, 0.15) is 39.5 Å². The molecule has 0 bridgehead atoms. The molecule has 0 radical (unpaired) electrons. The number of hydrogen-bond acceptors (Lipinski definition) is 6. The lowest BCUT2D eigenvalue weighted by molar-refractivity contribution is -0.143. The number of carbonyl (C=O) groups excluding carboxylic acids is 3. The van der Waals surface area contributed by atoms with Crippen molar-refractivity contribution in [3.63, 3.8) is 0 Å². The molecule has 1 rings (SSSR count). The number of esters is 2. The largest absolute Gasteiger partial charge is 0.490 e. The van der Waals surface area contributed by atoms with Crippen LogP contribution in [0.2, 0.25) is 10.0 Å². The van der Waals surface area contributed by atoms with E-state index < -0.39 is 12.0 Å². The molecule has 162 valence electrons. The number of hydrogen-bond donors (Lipinski definition) is 2. The van der Waals surface area contributed by atoms with Gasteiger partial charge in [0.15, 0.2) is 5.75 Å². The maximum Gasteiger partial charge on any atom is 0.325 e. The summed E-state index contributed by atoms with van der Waals surface area (Å²) in [5.74, 6) is -0.421. The Bertz CT molecular complexity index is 676. The Morgan fingerprint density at radius 2 is 1.55 bits per heavy atom. The van der Waals surface area contributed by atoms with Crippen molar-refractivity contribution in [1.29, 1.82) is 0 Å². The monoisotopic (exact) mass is 448 g/mol. The molecular weight excluding hydrogens is 423 g/mol. The van der Waals surface area contributed by atoms with Crippen LogP contribution in [0, 0.1) is 0 Å². The number of nitrogens with one attached hydrogen (secondary N) is 2. The number of halogens is 2. The van der Waals surface area contributed by atoms with Gasteiger partial charge in [0.05, 0.1) is 29.9 Å². The molecule has 0 atom stereocenters. The molecular formula is C19H26Cl2N2O6. The number of benzene rings is 1. The average molecular weight is 449 g/mol. The first-order chi connectivity index (χ1) is 13.9. The molecule has 0 aliphatic rings. The molecule has 0 aromatic heterocycles. The molecule has 10 heteroatoms. The summed E-state index contributed by atoms with van der Waals surface area (Å²) in [6, 6.07) is 2.39. The normalized spacial score (nSPS) is 10.2. The Labute approximate surface area is 180 Å². The highest BCUT2D eigenvalue weighted by Crippen LogP contribution is 2.36. The number of unbranched alkanes of at least 4 members (excludes halogenated alkanes) is 2. The van der Waals surface area contributed by atoms with Crippen LogP contribution < -0.4 is 15.4 Å². The number of carbonyl (C=O) groups is 3. The van der Waals surface area contributed by atoms with Gasteiger partial charge in [-0.1, -0.05) is 23.2 Å². The van der Waals surface area contributed by atoms with Crippen molar-refractivity contribution in [2.45, 2.75) is 39.5 Å². The maximum atomic E-state index is 11.8. The number of ether oxygens (including phenoxy) is 3. The molecule has 1 aromatic carbocycles. The fourth-order valence-corrected chi connectivity index (χ4v) is 2.86. The first kappa shape index (κ1) is 24.8. The zero-order valence-corrected chi connectivity index (χ0v) is 18.0. The average Bonchev–Trinajstić information content (AvgIpc) is 2.65. The van der Waals surface area contributed by atoms with Gasteiger partial charge in [0.25, 0.3) is 0 Å². The lowest BCUT2D eigenvalue weighted by Gasteiger charge is -2.13. The van der Waals surface area contributed by atoms with Crippen molar-refractivity contribution in [3.05, 3.63) is 22.2 Å².